The van der Waals surface area contributed by atoms with Crippen LogP contribution in [0.5, 0.6) is 11.5 Å². The van der Waals surface area contributed by atoms with Crippen molar-refractivity contribution in [3.05, 3.63) is 55.8 Å². The molecule has 0 radical (unpaired) electrons. The fourth-order valence-corrected chi connectivity index (χ4v) is 4.70. The van der Waals surface area contributed by atoms with E-state index in [2.05, 4.69) is 37.2 Å². The van der Waals surface area contributed by atoms with Crippen molar-refractivity contribution in [2.45, 2.75) is 13.8 Å². The van der Waals surface area contributed by atoms with E-state index in [4.69, 9.17) is 9.47 Å². The van der Waals surface area contributed by atoms with Gasteiger partial charge in [-0.1, -0.05) is 12.1 Å². The van der Waals surface area contributed by atoms with E-state index in [0.29, 0.717) is 44.9 Å². The molecule has 0 atom stereocenters. The molecule has 1 aliphatic rings. The molecule has 1 fully saturated rings. The van der Waals surface area contributed by atoms with Crippen molar-refractivity contribution in [2.24, 2.45) is 0 Å². The van der Waals surface area contributed by atoms with Gasteiger partial charge in [0.25, 0.3) is 11.1 Å². The number of ether oxygens (including phenoxy) is 2. The van der Waals surface area contributed by atoms with E-state index in [1.165, 1.54) is 0 Å². The Kier molecular flexibility index (Phi) is 8.38. The Labute approximate surface area is 206 Å². The topological polar surface area (TPSA) is 84.9 Å². The summed E-state index contributed by atoms with van der Waals surface area (Å²) in [5.41, 5.74) is 1.22. The highest BCUT2D eigenvalue weighted by Gasteiger charge is 2.36. The van der Waals surface area contributed by atoms with Crippen LogP contribution in [0.15, 0.2) is 50.2 Å². The number of hydrogen-bond acceptors (Lipinski definition) is 6. The Hall–Kier alpha value is -2.30. The molecule has 1 saturated heterocycles. The second-order valence-corrected chi connectivity index (χ2v) is 9.19. The van der Waals surface area contributed by atoms with Crippen LogP contribution in [-0.4, -0.2) is 41.7 Å². The lowest BCUT2D eigenvalue weighted by Crippen LogP contribution is -2.36. The third kappa shape index (κ3) is 5.73. The van der Waals surface area contributed by atoms with Crippen LogP contribution < -0.4 is 14.8 Å². The van der Waals surface area contributed by atoms with Gasteiger partial charge < -0.3 is 14.8 Å². The molecule has 0 spiro atoms. The number of carbonyl (C=O) groups excluding carboxylic acids is 3. The Morgan fingerprint density at radius 2 is 1.81 bits per heavy atom. The Bertz CT molecular complexity index is 1090. The first-order chi connectivity index (χ1) is 15.3. The fraction of sp³-hybridized carbons (Fsp3) is 0.227. The number of hydrogen-bond donors (Lipinski definition) is 1. The van der Waals surface area contributed by atoms with Crippen molar-refractivity contribution in [3.63, 3.8) is 0 Å². The summed E-state index contributed by atoms with van der Waals surface area (Å²) in [7, 11) is 0. The van der Waals surface area contributed by atoms with Crippen molar-refractivity contribution in [3.8, 4) is 11.5 Å². The third-order valence-corrected chi connectivity index (χ3v) is 6.43. The average Bonchev–Trinajstić information content (AvgIpc) is 3.00. The summed E-state index contributed by atoms with van der Waals surface area (Å²) in [5.74, 6) is 0.110. The standard InChI is InChI=1S/C22H20Br2N2O5S/c1-3-30-17-10-13(9-15(24)20(17)31-4-2)11-18-21(28)26(22(29)32-18)12-19(27)25-16-8-6-5-7-14(16)23/h5-11H,3-4,12H2,1-2H3,(H,25,27)/b18-11+. The van der Waals surface area contributed by atoms with Crippen LogP contribution >= 0.6 is 43.6 Å². The van der Waals surface area contributed by atoms with Crippen LogP contribution in [0, 0.1) is 0 Å². The maximum atomic E-state index is 12.8. The molecule has 0 aliphatic carbocycles. The Morgan fingerprint density at radius 1 is 1.09 bits per heavy atom. The predicted octanol–water partition coefficient (Wildman–Crippen LogP) is 5.68. The first-order valence-corrected chi connectivity index (χ1v) is 12.1. The maximum absolute atomic E-state index is 12.8. The van der Waals surface area contributed by atoms with Gasteiger partial charge in [-0.3, -0.25) is 19.3 Å². The minimum absolute atomic E-state index is 0.224. The highest BCUT2D eigenvalue weighted by Crippen LogP contribution is 2.39. The summed E-state index contributed by atoms with van der Waals surface area (Å²) in [5, 5.41) is 2.19. The number of imide groups is 1. The lowest BCUT2D eigenvalue weighted by molar-refractivity contribution is -0.127. The zero-order chi connectivity index (χ0) is 23.3. The van der Waals surface area contributed by atoms with E-state index in [1.54, 1.807) is 36.4 Å². The van der Waals surface area contributed by atoms with E-state index < -0.39 is 17.1 Å². The van der Waals surface area contributed by atoms with Gasteiger partial charge in [0.2, 0.25) is 5.91 Å². The molecule has 32 heavy (non-hydrogen) atoms. The molecular weight excluding hydrogens is 564 g/mol. The molecule has 3 amide bonds. The zero-order valence-electron chi connectivity index (χ0n) is 17.3. The van der Waals surface area contributed by atoms with Gasteiger partial charge >= 0.3 is 0 Å². The van der Waals surface area contributed by atoms with Gasteiger partial charge in [0.15, 0.2) is 11.5 Å². The number of nitrogens with zero attached hydrogens (tertiary/aromatic N) is 1. The first kappa shape index (κ1) is 24.3. The highest BCUT2D eigenvalue weighted by molar-refractivity contribution is 9.11. The average molecular weight is 584 g/mol. The Balaban J connectivity index is 1.78. The van der Waals surface area contributed by atoms with Crippen molar-refractivity contribution < 1.29 is 23.9 Å². The van der Waals surface area contributed by atoms with E-state index in [-0.39, 0.29) is 11.4 Å². The number of nitrogens with one attached hydrogen (secondary N) is 1. The number of thioether (sulfide) groups is 1. The number of amides is 3. The molecule has 0 bridgehead atoms. The molecule has 10 heteroatoms. The third-order valence-electron chi connectivity index (χ3n) is 4.24. The minimum Gasteiger partial charge on any atom is -0.490 e. The lowest BCUT2D eigenvalue weighted by Gasteiger charge is -2.14. The predicted molar refractivity (Wildman–Crippen MR) is 132 cm³/mol. The molecule has 1 N–H and O–H groups in total. The van der Waals surface area contributed by atoms with Crippen molar-refractivity contribution >= 4 is 72.4 Å². The van der Waals surface area contributed by atoms with Gasteiger partial charge in [-0.25, -0.2) is 0 Å². The van der Waals surface area contributed by atoms with E-state index in [0.717, 1.165) is 16.7 Å². The molecule has 2 aromatic carbocycles. The number of halogens is 2. The minimum atomic E-state index is -0.523. The second kappa shape index (κ2) is 11.0. The summed E-state index contributed by atoms with van der Waals surface area (Å²) in [6, 6.07) is 10.6. The molecule has 0 aromatic heterocycles. The van der Waals surface area contributed by atoms with Crippen LogP contribution in [0.2, 0.25) is 0 Å². The number of carbonyl (C=O) groups is 3. The number of anilines is 1. The van der Waals surface area contributed by atoms with Gasteiger partial charge in [0, 0.05) is 4.47 Å². The van der Waals surface area contributed by atoms with Crippen LogP contribution in [0.3, 0.4) is 0 Å². The Morgan fingerprint density at radius 3 is 2.50 bits per heavy atom. The molecule has 1 heterocycles. The van der Waals surface area contributed by atoms with Crippen molar-refractivity contribution in [2.75, 3.05) is 25.1 Å². The van der Waals surface area contributed by atoms with Crippen LogP contribution in [-0.2, 0) is 9.59 Å². The van der Waals surface area contributed by atoms with Gasteiger partial charge in [-0.05, 0) is 93.4 Å². The number of rotatable bonds is 8. The normalized spacial score (nSPS) is 14.8. The molecule has 3 rings (SSSR count). The molecule has 0 saturated carbocycles. The quantitative estimate of drug-likeness (QED) is 0.402. The summed E-state index contributed by atoms with van der Waals surface area (Å²) in [6.07, 6.45) is 1.60. The SMILES string of the molecule is CCOc1cc(/C=C2/SC(=O)N(CC(=O)Nc3ccccc3Br)C2=O)cc(Br)c1OCC. The van der Waals surface area contributed by atoms with Gasteiger partial charge in [0.05, 0.1) is 28.3 Å². The molecular formula is C22H20Br2N2O5S. The molecule has 1 aliphatic heterocycles. The maximum Gasteiger partial charge on any atom is 0.294 e. The molecule has 168 valence electrons. The fourth-order valence-electron chi connectivity index (χ4n) is 2.90. The largest absolute Gasteiger partial charge is 0.490 e. The van der Waals surface area contributed by atoms with E-state index in [1.807, 2.05) is 19.9 Å². The summed E-state index contributed by atoms with van der Waals surface area (Å²) in [6.45, 7) is 4.28. The number of para-hydroxylation sites is 1. The van der Waals surface area contributed by atoms with Gasteiger partial charge in [0.1, 0.15) is 6.54 Å². The van der Waals surface area contributed by atoms with Crippen LogP contribution in [0.1, 0.15) is 19.4 Å². The van der Waals surface area contributed by atoms with Gasteiger partial charge in [-0.2, -0.15) is 0 Å². The smallest absolute Gasteiger partial charge is 0.294 e. The van der Waals surface area contributed by atoms with Crippen LogP contribution in [0.4, 0.5) is 10.5 Å². The molecule has 0 unspecified atom stereocenters. The van der Waals surface area contributed by atoms with Crippen molar-refractivity contribution in [1.82, 2.24) is 4.90 Å². The molecule has 2 aromatic rings. The molecule has 7 nitrogen and oxygen atoms in total. The first-order valence-electron chi connectivity index (χ1n) is 9.72. The van der Waals surface area contributed by atoms with Gasteiger partial charge in [-0.15, -0.1) is 0 Å². The van der Waals surface area contributed by atoms with E-state index >= 15 is 0 Å². The summed E-state index contributed by atoms with van der Waals surface area (Å²) < 4.78 is 12.7. The zero-order valence-corrected chi connectivity index (χ0v) is 21.3. The lowest BCUT2D eigenvalue weighted by atomic mass is 10.2. The second-order valence-electron chi connectivity index (χ2n) is 6.49. The van der Waals surface area contributed by atoms with E-state index in [9.17, 15) is 14.4 Å². The summed E-state index contributed by atoms with van der Waals surface area (Å²) in [4.78, 5) is 38.7. The number of benzene rings is 2. The van der Waals surface area contributed by atoms with Crippen molar-refractivity contribution in [1.29, 1.82) is 0 Å². The highest BCUT2D eigenvalue weighted by atomic mass is 79.9. The van der Waals surface area contributed by atoms with Crippen LogP contribution in [0.25, 0.3) is 6.08 Å². The summed E-state index contributed by atoms with van der Waals surface area (Å²) >= 11 is 7.60. The monoisotopic (exact) mass is 582 g/mol.